The summed E-state index contributed by atoms with van der Waals surface area (Å²) in [5.74, 6) is 1.29. The number of nitrogens with zero attached hydrogens (tertiary/aromatic N) is 1. The van der Waals surface area contributed by atoms with Crippen molar-refractivity contribution in [3.05, 3.63) is 35.9 Å². The largest absolute Gasteiger partial charge is 0.316 e. The van der Waals surface area contributed by atoms with Gasteiger partial charge in [-0.2, -0.15) is 0 Å². The van der Waals surface area contributed by atoms with Gasteiger partial charge in [0.15, 0.2) is 0 Å². The van der Waals surface area contributed by atoms with Crippen LogP contribution in [-0.2, 0) is 0 Å². The maximum atomic E-state index is 3.64. The lowest BCUT2D eigenvalue weighted by molar-refractivity contribution is 0.297. The molecule has 0 saturated heterocycles. The molecule has 2 nitrogen and oxygen atoms in total. The van der Waals surface area contributed by atoms with Crippen molar-refractivity contribution in [1.29, 1.82) is 0 Å². The fraction of sp³-hybridized carbons (Fsp3) is 0.667. The SMILES string of the molecule is CCN(CC)CCCNCC(c1ccccc1)C(C)C. The topological polar surface area (TPSA) is 15.3 Å². The Morgan fingerprint density at radius 2 is 1.70 bits per heavy atom. The molecule has 0 aliphatic heterocycles. The Labute approximate surface area is 125 Å². The normalized spacial score (nSPS) is 13.1. The smallest absolute Gasteiger partial charge is 0.00226 e. The minimum atomic E-state index is 0.615. The molecule has 114 valence electrons. The molecule has 0 fully saturated rings. The fourth-order valence-corrected chi connectivity index (χ4v) is 2.66. The summed E-state index contributed by atoms with van der Waals surface area (Å²) in [5.41, 5.74) is 1.46. The van der Waals surface area contributed by atoms with Gasteiger partial charge >= 0.3 is 0 Å². The van der Waals surface area contributed by atoms with E-state index in [4.69, 9.17) is 0 Å². The predicted molar refractivity (Wildman–Crippen MR) is 89.3 cm³/mol. The maximum absolute atomic E-state index is 3.64. The van der Waals surface area contributed by atoms with Crippen molar-refractivity contribution >= 4 is 0 Å². The second kappa shape index (κ2) is 9.95. The van der Waals surface area contributed by atoms with Gasteiger partial charge in [0.25, 0.3) is 0 Å². The van der Waals surface area contributed by atoms with E-state index in [0.717, 1.165) is 26.2 Å². The zero-order chi connectivity index (χ0) is 14.8. The Morgan fingerprint density at radius 1 is 1.05 bits per heavy atom. The number of hydrogen-bond acceptors (Lipinski definition) is 2. The number of hydrogen-bond donors (Lipinski definition) is 1. The van der Waals surface area contributed by atoms with Crippen LogP contribution in [0.1, 0.15) is 45.6 Å². The average Bonchev–Trinajstić information content (AvgIpc) is 2.47. The summed E-state index contributed by atoms with van der Waals surface area (Å²) in [6.07, 6.45) is 1.24. The van der Waals surface area contributed by atoms with Crippen LogP contribution in [-0.4, -0.2) is 37.6 Å². The molecule has 1 rings (SSSR count). The third kappa shape index (κ3) is 6.06. The van der Waals surface area contributed by atoms with Crippen LogP contribution in [0.4, 0.5) is 0 Å². The fourth-order valence-electron chi connectivity index (χ4n) is 2.66. The van der Waals surface area contributed by atoms with E-state index in [9.17, 15) is 0 Å². The van der Waals surface area contributed by atoms with E-state index < -0.39 is 0 Å². The first kappa shape index (κ1) is 17.2. The molecular formula is C18H32N2. The molecule has 2 heteroatoms. The van der Waals surface area contributed by atoms with Crippen molar-refractivity contribution in [2.24, 2.45) is 5.92 Å². The number of benzene rings is 1. The highest BCUT2D eigenvalue weighted by molar-refractivity contribution is 5.20. The Balaban J connectivity index is 2.31. The minimum absolute atomic E-state index is 0.615. The lowest BCUT2D eigenvalue weighted by atomic mass is 9.88. The van der Waals surface area contributed by atoms with Crippen molar-refractivity contribution in [2.45, 2.75) is 40.0 Å². The van der Waals surface area contributed by atoms with Crippen molar-refractivity contribution in [1.82, 2.24) is 10.2 Å². The zero-order valence-corrected chi connectivity index (χ0v) is 13.7. The monoisotopic (exact) mass is 276 g/mol. The van der Waals surface area contributed by atoms with Crippen molar-refractivity contribution in [3.8, 4) is 0 Å². The van der Waals surface area contributed by atoms with Gasteiger partial charge < -0.3 is 10.2 Å². The molecule has 0 aromatic heterocycles. The molecule has 0 heterocycles. The van der Waals surface area contributed by atoms with Gasteiger partial charge in [-0.15, -0.1) is 0 Å². The summed E-state index contributed by atoms with van der Waals surface area (Å²) in [4.78, 5) is 2.48. The van der Waals surface area contributed by atoms with Gasteiger partial charge in [0, 0.05) is 6.54 Å². The summed E-state index contributed by atoms with van der Waals surface area (Å²) in [7, 11) is 0. The van der Waals surface area contributed by atoms with Gasteiger partial charge in [-0.1, -0.05) is 58.0 Å². The number of rotatable bonds is 10. The highest BCUT2D eigenvalue weighted by Crippen LogP contribution is 2.23. The van der Waals surface area contributed by atoms with Crippen LogP contribution < -0.4 is 5.32 Å². The Kier molecular flexibility index (Phi) is 8.56. The molecule has 0 aliphatic carbocycles. The average molecular weight is 276 g/mol. The van der Waals surface area contributed by atoms with Crippen LogP contribution in [0.15, 0.2) is 30.3 Å². The molecule has 20 heavy (non-hydrogen) atoms. The van der Waals surface area contributed by atoms with Gasteiger partial charge in [-0.3, -0.25) is 0 Å². The van der Waals surface area contributed by atoms with E-state index in [1.54, 1.807) is 0 Å². The molecule has 1 N–H and O–H groups in total. The van der Waals surface area contributed by atoms with Crippen LogP contribution in [0.3, 0.4) is 0 Å². The van der Waals surface area contributed by atoms with E-state index in [-0.39, 0.29) is 0 Å². The quantitative estimate of drug-likeness (QED) is 0.655. The highest BCUT2D eigenvalue weighted by atomic mass is 15.1. The second-order valence-electron chi connectivity index (χ2n) is 5.85. The maximum Gasteiger partial charge on any atom is 0.00226 e. The van der Waals surface area contributed by atoms with Crippen LogP contribution in [0.5, 0.6) is 0 Å². The third-order valence-corrected chi connectivity index (χ3v) is 4.12. The Morgan fingerprint density at radius 3 is 2.25 bits per heavy atom. The second-order valence-corrected chi connectivity index (χ2v) is 5.85. The molecule has 0 bridgehead atoms. The molecule has 0 saturated carbocycles. The summed E-state index contributed by atoms with van der Waals surface area (Å²) in [6, 6.07) is 10.9. The first-order chi connectivity index (χ1) is 9.69. The van der Waals surface area contributed by atoms with Gasteiger partial charge in [-0.25, -0.2) is 0 Å². The first-order valence-corrected chi connectivity index (χ1v) is 8.17. The Hall–Kier alpha value is -0.860. The highest BCUT2D eigenvalue weighted by Gasteiger charge is 2.14. The Bertz CT molecular complexity index is 331. The van der Waals surface area contributed by atoms with E-state index in [0.29, 0.717) is 11.8 Å². The molecule has 1 aromatic carbocycles. The molecule has 0 radical (unpaired) electrons. The molecule has 1 atom stereocenters. The lowest BCUT2D eigenvalue weighted by Gasteiger charge is -2.23. The van der Waals surface area contributed by atoms with E-state index >= 15 is 0 Å². The summed E-state index contributed by atoms with van der Waals surface area (Å²) >= 11 is 0. The van der Waals surface area contributed by atoms with Gasteiger partial charge in [-0.05, 0) is 50.0 Å². The van der Waals surface area contributed by atoms with Crippen LogP contribution in [0.25, 0.3) is 0 Å². The number of nitrogens with one attached hydrogen (secondary N) is 1. The van der Waals surface area contributed by atoms with Crippen molar-refractivity contribution < 1.29 is 0 Å². The summed E-state index contributed by atoms with van der Waals surface area (Å²) in [6.45, 7) is 14.8. The van der Waals surface area contributed by atoms with Crippen molar-refractivity contribution in [2.75, 3.05) is 32.7 Å². The van der Waals surface area contributed by atoms with Gasteiger partial charge in [0.05, 0.1) is 0 Å². The van der Waals surface area contributed by atoms with Gasteiger partial charge in [0.1, 0.15) is 0 Å². The van der Waals surface area contributed by atoms with E-state index in [1.165, 1.54) is 18.5 Å². The van der Waals surface area contributed by atoms with Crippen molar-refractivity contribution in [3.63, 3.8) is 0 Å². The third-order valence-electron chi connectivity index (χ3n) is 4.12. The molecule has 0 spiro atoms. The standard InChI is InChI=1S/C18H32N2/c1-5-20(6-2)14-10-13-19-15-18(16(3)4)17-11-8-7-9-12-17/h7-9,11-12,16,18-19H,5-6,10,13-15H2,1-4H3. The predicted octanol–water partition coefficient (Wildman–Crippen LogP) is 3.75. The van der Waals surface area contributed by atoms with Crippen LogP contribution in [0.2, 0.25) is 0 Å². The lowest BCUT2D eigenvalue weighted by Crippen LogP contribution is -2.29. The molecular weight excluding hydrogens is 244 g/mol. The zero-order valence-electron chi connectivity index (χ0n) is 13.7. The summed E-state index contributed by atoms with van der Waals surface area (Å²) < 4.78 is 0. The van der Waals surface area contributed by atoms with Crippen LogP contribution >= 0.6 is 0 Å². The molecule has 1 aromatic rings. The van der Waals surface area contributed by atoms with E-state index in [1.807, 2.05) is 0 Å². The van der Waals surface area contributed by atoms with Gasteiger partial charge in [0.2, 0.25) is 0 Å². The van der Waals surface area contributed by atoms with Crippen LogP contribution in [0, 0.1) is 5.92 Å². The molecule has 0 aliphatic rings. The molecule has 0 amide bonds. The molecule has 1 unspecified atom stereocenters. The minimum Gasteiger partial charge on any atom is -0.316 e. The summed E-state index contributed by atoms with van der Waals surface area (Å²) in [5, 5.41) is 3.64. The van der Waals surface area contributed by atoms with E-state index in [2.05, 4.69) is 68.2 Å². The first-order valence-electron chi connectivity index (χ1n) is 8.17.